The number of nitrogens with zero attached hydrogens (tertiary/aromatic N) is 1. The van der Waals surface area contributed by atoms with Crippen LogP contribution in [0.15, 0.2) is 24.3 Å². The van der Waals surface area contributed by atoms with Gasteiger partial charge < -0.3 is 14.7 Å². The minimum Gasteiger partial charge on any atom is -0.494 e. The maximum absolute atomic E-state index is 11.4. The molecule has 1 aromatic carbocycles. The number of aliphatic hydroxyl groups excluding tert-OH is 1. The first-order chi connectivity index (χ1) is 10.0. The molecule has 0 aliphatic heterocycles. The zero-order chi connectivity index (χ0) is 15.7. The Morgan fingerprint density at radius 2 is 2.19 bits per heavy atom. The molecule has 118 valence electrons. The van der Waals surface area contributed by atoms with Crippen LogP contribution in [0.2, 0.25) is 0 Å². The van der Waals surface area contributed by atoms with Gasteiger partial charge >= 0.3 is 0 Å². The van der Waals surface area contributed by atoms with E-state index in [1.807, 2.05) is 24.3 Å². The molecule has 0 saturated carbocycles. The van der Waals surface area contributed by atoms with Crippen molar-refractivity contribution in [2.24, 2.45) is 0 Å². The van der Waals surface area contributed by atoms with Crippen LogP contribution >= 0.6 is 0 Å². The molecule has 1 atom stereocenters. The summed E-state index contributed by atoms with van der Waals surface area (Å²) in [5.41, 5.74) is 0.973. The molecule has 1 amide bonds. The predicted molar refractivity (Wildman–Crippen MR) is 83.3 cm³/mol. The molecule has 5 nitrogen and oxygen atoms in total. The number of nitrogens with one attached hydrogen (secondary N) is 1. The molecule has 0 radical (unpaired) electrons. The van der Waals surface area contributed by atoms with Crippen LogP contribution in [-0.2, 0) is 11.2 Å². The molecule has 2 N–H and O–H groups in total. The second kappa shape index (κ2) is 9.37. The highest BCUT2D eigenvalue weighted by Gasteiger charge is 2.09. The molecular weight excluding hydrogens is 268 g/mol. The van der Waals surface area contributed by atoms with Crippen LogP contribution in [0.25, 0.3) is 0 Å². The van der Waals surface area contributed by atoms with Crippen molar-refractivity contribution in [2.75, 3.05) is 27.2 Å². The quantitative estimate of drug-likeness (QED) is 0.534. The first kappa shape index (κ1) is 17.5. The predicted octanol–water partition coefficient (Wildman–Crippen LogP) is 1.40. The van der Waals surface area contributed by atoms with Gasteiger partial charge in [-0.05, 0) is 24.1 Å². The van der Waals surface area contributed by atoms with Crippen LogP contribution < -0.4 is 10.1 Å². The minimum atomic E-state index is -0.750. The summed E-state index contributed by atoms with van der Waals surface area (Å²) in [5, 5.41) is 12.7. The molecule has 0 aliphatic rings. The Balaban J connectivity index is 2.42. The Hall–Kier alpha value is -1.59. The van der Waals surface area contributed by atoms with Gasteiger partial charge in [-0.15, -0.1) is 0 Å². The lowest BCUT2D eigenvalue weighted by molar-refractivity contribution is -0.128. The normalized spacial score (nSPS) is 12.0. The SMILES string of the molecule is CCCCOc1cccc(CC(O)NCC(=O)N(C)C)c1. The third-order valence-corrected chi connectivity index (χ3v) is 3.08. The molecule has 0 bridgehead atoms. The van der Waals surface area contributed by atoms with Crippen molar-refractivity contribution in [1.29, 1.82) is 0 Å². The van der Waals surface area contributed by atoms with E-state index in [0.717, 1.165) is 24.2 Å². The van der Waals surface area contributed by atoms with Crippen molar-refractivity contribution in [3.63, 3.8) is 0 Å². The third-order valence-electron chi connectivity index (χ3n) is 3.08. The summed E-state index contributed by atoms with van der Waals surface area (Å²) in [6.07, 6.45) is 1.81. The topological polar surface area (TPSA) is 61.8 Å². The average molecular weight is 294 g/mol. The number of carbonyl (C=O) groups is 1. The Labute approximate surface area is 126 Å². The summed E-state index contributed by atoms with van der Waals surface area (Å²) < 4.78 is 5.64. The van der Waals surface area contributed by atoms with Gasteiger partial charge in [-0.3, -0.25) is 10.1 Å². The van der Waals surface area contributed by atoms with Crippen LogP contribution in [0, 0.1) is 0 Å². The van der Waals surface area contributed by atoms with E-state index in [1.165, 1.54) is 4.90 Å². The van der Waals surface area contributed by atoms with Gasteiger partial charge in [-0.1, -0.05) is 25.5 Å². The highest BCUT2D eigenvalue weighted by Crippen LogP contribution is 2.14. The first-order valence-corrected chi connectivity index (χ1v) is 7.36. The second-order valence-corrected chi connectivity index (χ2v) is 5.24. The fourth-order valence-electron chi connectivity index (χ4n) is 1.76. The maximum atomic E-state index is 11.4. The zero-order valence-corrected chi connectivity index (χ0v) is 13.1. The molecular formula is C16H26N2O3. The fourth-order valence-corrected chi connectivity index (χ4v) is 1.76. The minimum absolute atomic E-state index is 0.0642. The molecule has 0 aliphatic carbocycles. The van der Waals surface area contributed by atoms with Gasteiger partial charge in [-0.2, -0.15) is 0 Å². The lowest BCUT2D eigenvalue weighted by atomic mass is 10.1. The molecule has 0 heterocycles. The van der Waals surface area contributed by atoms with E-state index in [1.54, 1.807) is 14.1 Å². The highest BCUT2D eigenvalue weighted by molar-refractivity contribution is 5.77. The Morgan fingerprint density at radius 3 is 2.86 bits per heavy atom. The van der Waals surface area contributed by atoms with E-state index in [-0.39, 0.29) is 12.5 Å². The Bertz CT molecular complexity index is 435. The van der Waals surface area contributed by atoms with Gasteiger partial charge in [0.05, 0.1) is 13.2 Å². The number of likely N-dealkylation sites (N-methyl/N-ethyl adjacent to an activating group) is 1. The second-order valence-electron chi connectivity index (χ2n) is 5.24. The third kappa shape index (κ3) is 7.11. The van der Waals surface area contributed by atoms with Gasteiger partial charge in [-0.25, -0.2) is 0 Å². The van der Waals surface area contributed by atoms with Gasteiger partial charge in [0.1, 0.15) is 12.0 Å². The van der Waals surface area contributed by atoms with Crippen LogP contribution in [0.1, 0.15) is 25.3 Å². The van der Waals surface area contributed by atoms with E-state index in [9.17, 15) is 9.90 Å². The number of hydrogen-bond acceptors (Lipinski definition) is 4. The van der Waals surface area contributed by atoms with Crippen LogP contribution in [-0.4, -0.2) is 49.4 Å². The average Bonchev–Trinajstić information content (AvgIpc) is 2.45. The standard InChI is InChI=1S/C16H26N2O3/c1-4-5-9-21-14-8-6-7-13(10-14)11-15(19)17-12-16(20)18(2)3/h6-8,10,15,17,19H,4-5,9,11-12H2,1-3H3. The van der Waals surface area contributed by atoms with E-state index in [4.69, 9.17) is 4.74 Å². The molecule has 0 aromatic heterocycles. The fraction of sp³-hybridized carbons (Fsp3) is 0.562. The van der Waals surface area contributed by atoms with Crippen LogP contribution in [0.5, 0.6) is 5.75 Å². The number of hydrogen-bond donors (Lipinski definition) is 2. The number of aliphatic hydroxyl groups is 1. The summed E-state index contributed by atoms with van der Waals surface area (Å²) in [6, 6.07) is 7.68. The molecule has 1 aromatic rings. The van der Waals surface area contributed by atoms with Crippen molar-refractivity contribution < 1.29 is 14.6 Å². The summed E-state index contributed by atoms with van der Waals surface area (Å²) in [6.45, 7) is 2.95. The molecule has 0 fully saturated rings. The van der Waals surface area contributed by atoms with E-state index in [0.29, 0.717) is 13.0 Å². The number of amides is 1. The molecule has 0 spiro atoms. The zero-order valence-electron chi connectivity index (χ0n) is 13.1. The van der Waals surface area contributed by atoms with Gasteiger partial charge in [0.2, 0.25) is 5.91 Å². The van der Waals surface area contributed by atoms with Crippen molar-refractivity contribution in [2.45, 2.75) is 32.4 Å². The van der Waals surface area contributed by atoms with Crippen LogP contribution in [0.4, 0.5) is 0 Å². The molecule has 1 rings (SSSR count). The highest BCUT2D eigenvalue weighted by atomic mass is 16.5. The van der Waals surface area contributed by atoms with E-state index < -0.39 is 6.23 Å². The number of carbonyl (C=O) groups excluding carboxylic acids is 1. The summed E-state index contributed by atoms with van der Waals surface area (Å²) in [7, 11) is 3.38. The lowest BCUT2D eigenvalue weighted by Gasteiger charge is -2.15. The largest absolute Gasteiger partial charge is 0.494 e. The smallest absolute Gasteiger partial charge is 0.236 e. The van der Waals surface area contributed by atoms with Gasteiger partial charge in [0.15, 0.2) is 0 Å². The molecule has 0 saturated heterocycles. The maximum Gasteiger partial charge on any atom is 0.236 e. The van der Waals surface area contributed by atoms with Gasteiger partial charge in [0.25, 0.3) is 0 Å². The number of ether oxygens (including phenoxy) is 1. The number of benzene rings is 1. The lowest BCUT2D eigenvalue weighted by Crippen LogP contribution is -2.39. The van der Waals surface area contributed by atoms with E-state index in [2.05, 4.69) is 12.2 Å². The van der Waals surface area contributed by atoms with Crippen molar-refractivity contribution in [3.05, 3.63) is 29.8 Å². The van der Waals surface area contributed by atoms with Crippen molar-refractivity contribution in [1.82, 2.24) is 10.2 Å². The Morgan fingerprint density at radius 1 is 1.43 bits per heavy atom. The van der Waals surface area contributed by atoms with Crippen molar-refractivity contribution in [3.8, 4) is 5.75 Å². The first-order valence-electron chi connectivity index (χ1n) is 7.36. The van der Waals surface area contributed by atoms with Crippen LogP contribution in [0.3, 0.4) is 0 Å². The summed E-state index contributed by atoms with van der Waals surface area (Å²) >= 11 is 0. The summed E-state index contributed by atoms with van der Waals surface area (Å²) in [5.74, 6) is 0.753. The van der Waals surface area contributed by atoms with Gasteiger partial charge in [0, 0.05) is 20.5 Å². The Kier molecular flexibility index (Phi) is 7.79. The molecule has 1 unspecified atom stereocenters. The van der Waals surface area contributed by atoms with Crippen molar-refractivity contribution >= 4 is 5.91 Å². The molecule has 5 heteroatoms. The summed E-state index contributed by atoms with van der Waals surface area (Å²) in [4.78, 5) is 12.9. The number of rotatable bonds is 9. The van der Waals surface area contributed by atoms with E-state index >= 15 is 0 Å². The number of unbranched alkanes of at least 4 members (excludes halogenated alkanes) is 1. The monoisotopic (exact) mass is 294 g/mol. The molecule has 21 heavy (non-hydrogen) atoms.